The Morgan fingerprint density at radius 1 is 0.500 bits per heavy atom. The van der Waals surface area contributed by atoms with E-state index in [0.29, 0.717) is 34.8 Å². The molecule has 0 aliphatic rings. The highest BCUT2D eigenvalue weighted by molar-refractivity contribution is 7.80. The van der Waals surface area contributed by atoms with Crippen molar-refractivity contribution in [2.24, 2.45) is 0 Å². The van der Waals surface area contributed by atoms with Gasteiger partial charge < -0.3 is 24.1 Å². The SMILES string of the molecule is CC(C)(C)c1cccc(P(c2cc(Cl)cc(C(C)(C)C)c2OCOCc2ccccc2)c2cc(Cl)cc(C(C)(C)C)c2OCOCc2ccccc2)c1O. The zero-order valence-corrected chi connectivity index (χ0v) is 35.3. The molecular weight excluding hydrogens is 734 g/mol. The smallest absolute Gasteiger partial charge is 0.189 e. The fourth-order valence-electron chi connectivity index (χ4n) is 6.28. The number of benzene rings is 5. The summed E-state index contributed by atoms with van der Waals surface area (Å²) in [6.07, 6.45) is 0. The van der Waals surface area contributed by atoms with Gasteiger partial charge in [0, 0.05) is 37.1 Å². The first kappa shape index (κ1) is 41.6. The van der Waals surface area contributed by atoms with Crippen LogP contribution in [0.5, 0.6) is 17.2 Å². The van der Waals surface area contributed by atoms with E-state index < -0.39 is 7.92 Å². The van der Waals surface area contributed by atoms with Crippen LogP contribution in [0.4, 0.5) is 0 Å². The lowest BCUT2D eigenvalue weighted by Gasteiger charge is -2.32. The van der Waals surface area contributed by atoms with Crippen molar-refractivity contribution in [2.45, 2.75) is 91.8 Å². The summed E-state index contributed by atoms with van der Waals surface area (Å²) in [5, 5.41) is 15.8. The van der Waals surface area contributed by atoms with E-state index >= 15 is 0 Å². The summed E-state index contributed by atoms with van der Waals surface area (Å²) in [6.45, 7) is 19.9. The predicted octanol–water partition coefficient (Wildman–Crippen LogP) is 11.5. The van der Waals surface area contributed by atoms with Gasteiger partial charge in [-0.25, -0.2) is 0 Å². The summed E-state index contributed by atoms with van der Waals surface area (Å²) in [5.41, 5.74) is 3.69. The largest absolute Gasteiger partial charge is 0.507 e. The number of phenols is 1. The van der Waals surface area contributed by atoms with Gasteiger partial charge in [0.2, 0.25) is 0 Å². The molecule has 1 N–H and O–H groups in total. The molecule has 5 nitrogen and oxygen atoms in total. The molecule has 0 aliphatic carbocycles. The molecule has 0 bridgehead atoms. The van der Waals surface area contributed by atoms with E-state index in [0.717, 1.165) is 43.7 Å². The zero-order valence-electron chi connectivity index (χ0n) is 32.9. The second-order valence-corrected chi connectivity index (χ2v) is 19.5. The number of para-hydroxylation sites is 1. The Hall–Kier alpha value is -3.57. The first-order valence-corrected chi connectivity index (χ1v) is 20.3. The Morgan fingerprint density at radius 3 is 1.30 bits per heavy atom. The molecule has 8 heteroatoms. The Morgan fingerprint density at radius 2 is 0.907 bits per heavy atom. The van der Waals surface area contributed by atoms with Gasteiger partial charge in [-0.05, 0) is 65.1 Å². The molecule has 5 rings (SSSR count). The molecule has 0 saturated carbocycles. The average molecular weight is 788 g/mol. The Kier molecular flexibility index (Phi) is 13.5. The number of rotatable bonds is 13. The van der Waals surface area contributed by atoms with E-state index in [1.165, 1.54) is 0 Å². The van der Waals surface area contributed by atoms with Crippen molar-refractivity contribution in [2.75, 3.05) is 13.6 Å². The number of hydrogen-bond acceptors (Lipinski definition) is 5. The first-order valence-electron chi connectivity index (χ1n) is 18.2. The minimum Gasteiger partial charge on any atom is -0.507 e. The summed E-state index contributed by atoms with van der Waals surface area (Å²) < 4.78 is 25.6. The maximum atomic E-state index is 12.3. The molecule has 286 valence electrons. The van der Waals surface area contributed by atoms with Crippen LogP contribution >= 0.6 is 31.1 Å². The van der Waals surface area contributed by atoms with E-state index in [1.807, 2.05) is 103 Å². The van der Waals surface area contributed by atoms with Crippen LogP contribution in [0, 0.1) is 0 Å². The van der Waals surface area contributed by atoms with Crippen molar-refractivity contribution < 1.29 is 24.1 Å². The van der Waals surface area contributed by atoms with Gasteiger partial charge in [-0.15, -0.1) is 0 Å². The van der Waals surface area contributed by atoms with Crippen LogP contribution in [0.15, 0.2) is 103 Å². The monoisotopic (exact) mass is 786 g/mol. The molecule has 0 fully saturated rings. The second kappa shape index (κ2) is 17.5. The number of phenolic OH excluding ortho intramolecular Hbond substituents is 1. The Labute approximate surface area is 333 Å². The molecule has 0 atom stereocenters. The summed E-state index contributed by atoms with van der Waals surface area (Å²) in [5.74, 6) is 1.51. The standard InChI is InChI=1S/C46H53Cl2O5P/c1-44(2,3)35-21-16-22-38(41(35)49)54(39-25-33(47)23-36(45(4,5)6)42(39)52-29-50-27-31-17-12-10-13-18-31)40-26-34(48)24-37(46(7,8)9)43(40)53-30-51-28-32-19-14-11-15-20-32/h10-26,49H,27-30H2,1-9H3. The fraction of sp³-hybridized carbons (Fsp3) is 0.348. The first-order chi connectivity index (χ1) is 25.4. The van der Waals surface area contributed by atoms with Crippen molar-refractivity contribution in [3.8, 4) is 17.2 Å². The number of halogens is 2. The van der Waals surface area contributed by atoms with E-state index in [2.05, 4.69) is 62.3 Å². The van der Waals surface area contributed by atoms with Gasteiger partial charge in [-0.2, -0.15) is 0 Å². The van der Waals surface area contributed by atoms with Crippen LogP contribution in [0.2, 0.25) is 10.0 Å². The van der Waals surface area contributed by atoms with Crippen molar-refractivity contribution in [1.29, 1.82) is 0 Å². The molecule has 0 amide bonds. The van der Waals surface area contributed by atoms with Crippen LogP contribution < -0.4 is 25.4 Å². The van der Waals surface area contributed by atoms with Gasteiger partial charge in [0.05, 0.1) is 13.2 Å². The highest BCUT2D eigenvalue weighted by Crippen LogP contribution is 2.49. The zero-order chi connectivity index (χ0) is 39.3. The molecule has 0 aliphatic heterocycles. The lowest BCUT2D eigenvalue weighted by atomic mass is 9.86. The normalized spacial score (nSPS) is 12.3. The summed E-state index contributed by atoms with van der Waals surface area (Å²) in [4.78, 5) is 0. The number of aromatic hydroxyl groups is 1. The van der Waals surface area contributed by atoms with Crippen molar-refractivity contribution in [3.63, 3.8) is 0 Å². The molecular formula is C46H53Cl2O5P. The Balaban J connectivity index is 1.74. The van der Waals surface area contributed by atoms with E-state index in [-0.39, 0.29) is 35.6 Å². The minimum atomic E-state index is -1.64. The minimum absolute atomic E-state index is 0.00324. The summed E-state index contributed by atoms with van der Waals surface area (Å²) in [6, 6.07) is 33.8. The van der Waals surface area contributed by atoms with E-state index in [9.17, 15) is 5.11 Å². The third-order valence-corrected chi connectivity index (χ3v) is 11.9. The lowest BCUT2D eigenvalue weighted by Crippen LogP contribution is -2.29. The van der Waals surface area contributed by atoms with Crippen molar-refractivity contribution >= 4 is 47.0 Å². The van der Waals surface area contributed by atoms with Gasteiger partial charge in [-0.3, -0.25) is 0 Å². The van der Waals surface area contributed by atoms with Crippen molar-refractivity contribution in [1.82, 2.24) is 0 Å². The molecule has 0 unspecified atom stereocenters. The summed E-state index contributed by atoms with van der Waals surface area (Å²) in [7, 11) is -1.64. The van der Waals surface area contributed by atoms with Gasteiger partial charge in [0.1, 0.15) is 17.2 Å². The van der Waals surface area contributed by atoms with Crippen LogP contribution in [-0.2, 0) is 38.9 Å². The Bertz CT molecular complexity index is 1900. The van der Waals surface area contributed by atoms with Gasteiger partial charge >= 0.3 is 0 Å². The maximum absolute atomic E-state index is 12.3. The van der Waals surface area contributed by atoms with E-state index in [4.69, 9.17) is 42.1 Å². The van der Waals surface area contributed by atoms with Crippen molar-refractivity contribution in [3.05, 3.63) is 141 Å². The molecule has 0 saturated heterocycles. The molecule has 0 aromatic heterocycles. The third-order valence-electron chi connectivity index (χ3n) is 9.03. The fourth-order valence-corrected chi connectivity index (χ4v) is 9.53. The van der Waals surface area contributed by atoms with Gasteiger partial charge in [-0.1, -0.05) is 164 Å². The van der Waals surface area contributed by atoms with Gasteiger partial charge in [0.25, 0.3) is 0 Å². The quantitative estimate of drug-likeness (QED) is 0.0732. The molecule has 0 heterocycles. The molecule has 54 heavy (non-hydrogen) atoms. The molecule has 0 spiro atoms. The van der Waals surface area contributed by atoms with E-state index in [1.54, 1.807) is 0 Å². The predicted molar refractivity (Wildman–Crippen MR) is 226 cm³/mol. The third kappa shape index (κ3) is 10.4. The molecule has 5 aromatic carbocycles. The highest BCUT2D eigenvalue weighted by atomic mass is 35.5. The lowest BCUT2D eigenvalue weighted by molar-refractivity contribution is 0.00472. The molecule has 0 radical (unpaired) electrons. The average Bonchev–Trinajstić information content (AvgIpc) is 3.10. The number of ether oxygens (including phenoxy) is 4. The number of hydrogen-bond donors (Lipinski definition) is 1. The van der Waals surface area contributed by atoms with Crippen LogP contribution in [0.1, 0.15) is 90.1 Å². The summed E-state index contributed by atoms with van der Waals surface area (Å²) >= 11 is 14.1. The second-order valence-electron chi connectivity index (χ2n) is 16.6. The molecule has 5 aromatic rings. The van der Waals surface area contributed by atoms with Gasteiger partial charge in [0.15, 0.2) is 13.6 Å². The highest BCUT2D eigenvalue weighted by Gasteiger charge is 2.35. The van der Waals surface area contributed by atoms with Crippen LogP contribution in [0.25, 0.3) is 0 Å². The van der Waals surface area contributed by atoms with Crippen LogP contribution in [0.3, 0.4) is 0 Å². The van der Waals surface area contributed by atoms with Crippen LogP contribution in [-0.4, -0.2) is 18.7 Å². The maximum Gasteiger partial charge on any atom is 0.189 e. The topological polar surface area (TPSA) is 57.2 Å².